The number of benzene rings is 3. The molecule has 0 aliphatic rings. The lowest BCUT2D eigenvalue weighted by molar-refractivity contribution is -0.141. The summed E-state index contributed by atoms with van der Waals surface area (Å²) in [5, 5.41) is 5.09. The second-order valence-electron chi connectivity index (χ2n) is 8.20. The lowest BCUT2D eigenvalue weighted by Crippen LogP contribution is -2.51. The Kier molecular flexibility index (Phi) is 8.89. The Hall–Kier alpha value is -2.86. The van der Waals surface area contributed by atoms with E-state index in [2.05, 4.69) is 21.2 Å². The maximum Gasteiger partial charge on any atom is 0.261 e. The predicted octanol–water partition coefficient (Wildman–Crippen LogP) is 5.36. The first-order valence-electron chi connectivity index (χ1n) is 11.3. The summed E-state index contributed by atoms with van der Waals surface area (Å²) < 4.78 is 6.71. The first-order valence-corrected chi connectivity index (χ1v) is 12.1. The van der Waals surface area contributed by atoms with Crippen molar-refractivity contribution in [3.8, 4) is 5.75 Å². The van der Waals surface area contributed by atoms with Gasteiger partial charge in [-0.2, -0.15) is 0 Å². The molecule has 1 N–H and O–H groups in total. The highest BCUT2D eigenvalue weighted by Gasteiger charge is 2.27. The summed E-state index contributed by atoms with van der Waals surface area (Å²) >= 11 is 3.60. The van der Waals surface area contributed by atoms with Crippen LogP contribution in [0.4, 0.5) is 0 Å². The Morgan fingerprint density at radius 3 is 2.42 bits per heavy atom. The van der Waals surface area contributed by atoms with E-state index >= 15 is 0 Å². The quantitative estimate of drug-likeness (QED) is 0.399. The minimum absolute atomic E-state index is 0.0517. The number of hydrogen-bond donors (Lipinski definition) is 1. The summed E-state index contributed by atoms with van der Waals surface area (Å²) in [5.74, 6) is 0.220. The third kappa shape index (κ3) is 6.57. The minimum atomic E-state index is -0.598. The van der Waals surface area contributed by atoms with Gasteiger partial charge in [-0.25, -0.2) is 0 Å². The zero-order valence-corrected chi connectivity index (χ0v) is 21.0. The predicted molar refractivity (Wildman–Crippen MR) is 136 cm³/mol. The number of nitrogens with one attached hydrogen (secondary N) is 1. The summed E-state index contributed by atoms with van der Waals surface area (Å²) in [5.41, 5.74) is 1.11. The first-order chi connectivity index (χ1) is 15.9. The third-order valence-corrected chi connectivity index (χ3v) is 6.65. The second kappa shape index (κ2) is 11.8. The van der Waals surface area contributed by atoms with Crippen molar-refractivity contribution >= 4 is 38.5 Å². The van der Waals surface area contributed by atoms with Gasteiger partial charge in [0.05, 0.1) is 4.47 Å². The fourth-order valence-electron chi connectivity index (χ4n) is 3.58. The van der Waals surface area contributed by atoms with Crippen LogP contribution in [0.15, 0.2) is 71.2 Å². The first kappa shape index (κ1) is 24.8. The molecule has 0 saturated heterocycles. The largest absolute Gasteiger partial charge is 0.483 e. The smallest absolute Gasteiger partial charge is 0.261 e. The molecule has 0 fully saturated rings. The summed E-state index contributed by atoms with van der Waals surface area (Å²) in [6, 6.07) is 21.2. The SMILES string of the molecule is CC[C@H](C)NC(=O)[C@@H](C)N(CCc1ccccc1)C(=O)COc1ccc2ccccc2c1Br. The third-order valence-electron chi connectivity index (χ3n) is 5.83. The van der Waals surface area contributed by atoms with Gasteiger partial charge >= 0.3 is 0 Å². The van der Waals surface area contributed by atoms with Crippen molar-refractivity contribution in [2.75, 3.05) is 13.2 Å². The highest BCUT2D eigenvalue weighted by atomic mass is 79.9. The van der Waals surface area contributed by atoms with Crippen LogP contribution in [0.1, 0.15) is 32.8 Å². The zero-order valence-electron chi connectivity index (χ0n) is 19.4. The van der Waals surface area contributed by atoms with E-state index in [0.29, 0.717) is 18.7 Å². The van der Waals surface area contributed by atoms with Crippen molar-refractivity contribution in [2.24, 2.45) is 0 Å². The van der Waals surface area contributed by atoms with E-state index in [-0.39, 0.29) is 24.5 Å². The number of hydrogen-bond acceptors (Lipinski definition) is 3. The molecule has 0 spiro atoms. The molecular weight excluding hydrogens is 480 g/mol. The molecule has 0 unspecified atom stereocenters. The zero-order chi connectivity index (χ0) is 23.8. The van der Waals surface area contributed by atoms with Gasteiger partial charge in [-0.1, -0.05) is 67.6 Å². The molecule has 3 aromatic rings. The van der Waals surface area contributed by atoms with Crippen molar-refractivity contribution in [1.82, 2.24) is 10.2 Å². The second-order valence-corrected chi connectivity index (χ2v) is 9.00. The van der Waals surface area contributed by atoms with Crippen LogP contribution < -0.4 is 10.1 Å². The average Bonchev–Trinajstić information content (AvgIpc) is 2.84. The van der Waals surface area contributed by atoms with Crippen LogP contribution in [0.5, 0.6) is 5.75 Å². The number of nitrogens with zero attached hydrogens (tertiary/aromatic N) is 1. The van der Waals surface area contributed by atoms with E-state index in [1.807, 2.05) is 80.6 Å². The number of carbonyl (C=O) groups is 2. The molecule has 6 heteroatoms. The average molecular weight is 511 g/mol. The van der Waals surface area contributed by atoms with Gasteiger partial charge < -0.3 is 15.0 Å². The van der Waals surface area contributed by atoms with E-state index in [0.717, 1.165) is 27.2 Å². The fourth-order valence-corrected chi connectivity index (χ4v) is 4.19. The van der Waals surface area contributed by atoms with Crippen molar-refractivity contribution in [1.29, 1.82) is 0 Å². The van der Waals surface area contributed by atoms with Crippen LogP contribution in [-0.4, -0.2) is 41.9 Å². The van der Waals surface area contributed by atoms with Crippen LogP contribution in [0, 0.1) is 0 Å². The van der Waals surface area contributed by atoms with Gasteiger partial charge in [-0.3, -0.25) is 9.59 Å². The van der Waals surface area contributed by atoms with E-state index < -0.39 is 6.04 Å². The summed E-state index contributed by atoms with van der Waals surface area (Å²) in [4.78, 5) is 27.6. The topological polar surface area (TPSA) is 58.6 Å². The molecule has 0 aromatic heterocycles. The minimum Gasteiger partial charge on any atom is -0.483 e. The maximum absolute atomic E-state index is 13.2. The number of amides is 2. The van der Waals surface area contributed by atoms with E-state index in [9.17, 15) is 9.59 Å². The fraction of sp³-hybridized carbons (Fsp3) is 0.333. The van der Waals surface area contributed by atoms with Gasteiger partial charge in [-0.05, 0) is 65.0 Å². The number of halogens is 1. The van der Waals surface area contributed by atoms with E-state index in [1.165, 1.54) is 0 Å². The van der Waals surface area contributed by atoms with E-state index in [4.69, 9.17) is 4.74 Å². The monoisotopic (exact) mass is 510 g/mol. The van der Waals surface area contributed by atoms with Gasteiger partial charge in [0.2, 0.25) is 5.91 Å². The molecule has 0 saturated carbocycles. The normalized spacial score (nSPS) is 12.7. The molecule has 0 aliphatic carbocycles. The molecule has 0 radical (unpaired) electrons. The van der Waals surface area contributed by atoms with Gasteiger partial charge in [0.1, 0.15) is 11.8 Å². The number of rotatable bonds is 10. The van der Waals surface area contributed by atoms with Crippen molar-refractivity contribution in [3.05, 3.63) is 76.8 Å². The molecule has 0 bridgehead atoms. The molecule has 174 valence electrons. The van der Waals surface area contributed by atoms with Crippen LogP contribution in [0.3, 0.4) is 0 Å². The highest BCUT2D eigenvalue weighted by molar-refractivity contribution is 9.10. The Morgan fingerprint density at radius 2 is 1.70 bits per heavy atom. The van der Waals surface area contributed by atoms with Gasteiger partial charge in [0.15, 0.2) is 6.61 Å². The summed E-state index contributed by atoms with van der Waals surface area (Å²) in [7, 11) is 0. The van der Waals surface area contributed by atoms with Gasteiger partial charge in [0.25, 0.3) is 5.91 Å². The summed E-state index contributed by atoms with van der Waals surface area (Å²) in [6.07, 6.45) is 1.49. The van der Waals surface area contributed by atoms with Crippen LogP contribution in [0.2, 0.25) is 0 Å². The van der Waals surface area contributed by atoms with Crippen LogP contribution in [0.25, 0.3) is 10.8 Å². The Labute approximate surface area is 204 Å². The van der Waals surface area contributed by atoms with E-state index in [1.54, 1.807) is 11.8 Å². The Bertz CT molecular complexity index is 1090. The Balaban J connectivity index is 1.73. The van der Waals surface area contributed by atoms with Crippen molar-refractivity contribution < 1.29 is 14.3 Å². The highest BCUT2D eigenvalue weighted by Crippen LogP contribution is 2.33. The van der Waals surface area contributed by atoms with Crippen molar-refractivity contribution in [3.63, 3.8) is 0 Å². The molecule has 2 atom stereocenters. The molecule has 3 rings (SSSR count). The van der Waals surface area contributed by atoms with Crippen LogP contribution in [-0.2, 0) is 16.0 Å². The number of ether oxygens (including phenoxy) is 1. The van der Waals surface area contributed by atoms with Crippen molar-refractivity contribution in [2.45, 2.75) is 45.7 Å². The number of fused-ring (bicyclic) bond motifs is 1. The number of carbonyl (C=O) groups excluding carboxylic acids is 2. The summed E-state index contributed by atoms with van der Waals surface area (Å²) in [6.45, 7) is 6.03. The Morgan fingerprint density at radius 1 is 1.00 bits per heavy atom. The molecular formula is C27H31BrN2O3. The molecule has 5 nitrogen and oxygen atoms in total. The molecule has 2 amide bonds. The standard InChI is InChI=1S/C27H31BrN2O3/c1-4-19(2)29-27(32)20(3)30(17-16-21-10-6-5-7-11-21)25(31)18-33-24-15-14-22-12-8-9-13-23(22)26(24)28/h5-15,19-20H,4,16-18H2,1-3H3,(H,29,32)/t19-,20+/m0/s1. The molecule has 0 heterocycles. The van der Waals surface area contributed by atoms with Gasteiger partial charge in [-0.15, -0.1) is 0 Å². The van der Waals surface area contributed by atoms with Crippen LogP contribution >= 0.6 is 15.9 Å². The maximum atomic E-state index is 13.2. The van der Waals surface area contributed by atoms with Gasteiger partial charge in [0, 0.05) is 12.6 Å². The lowest BCUT2D eigenvalue weighted by Gasteiger charge is -2.29. The molecule has 33 heavy (non-hydrogen) atoms. The molecule has 3 aromatic carbocycles. The molecule has 0 aliphatic heterocycles. The lowest BCUT2D eigenvalue weighted by atomic mass is 10.1.